The van der Waals surface area contributed by atoms with Crippen LogP contribution in [0, 0.1) is 5.41 Å². The normalized spacial score (nSPS) is 25.5. The Morgan fingerprint density at radius 2 is 2.39 bits per heavy atom. The first kappa shape index (κ1) is 12.2. The number of hydrogen-bond donors (Lipinski definition) is 3. The lowest BCUT2D eigenvalue weighted by Gasteiger charge is -2.42. The van der Waals surface area contributed by atoms with Crippen LogP contribution >= 0.6 is 0 Å². The lowest BCUT2D eigenvalue weighted by atomic mass is 9.67. The Balaban J connectivity index is 1.45. The fourth-order valence-corrected chi connectivity index (χ4v) is 3.22. The minimum atomic E-state index is 0.537. The van der Waals surface area contributed by atoms with Gasteiger partial charge in [-0.15, -0.1) is 0 Å². The van der Waals surface area contributed by atoms with Crippen molar-refractivity contribution in [1.82, 2.24) is 20.6 Å². The van der Waals surface area contributed by atoms with Crippen molar-refractivity contribution < 1.29 is 0 Å². The van der Waals surface area contributed by atoms with Gasteiger partial charge in [-0.3, -0.25) is 0 Å². The highest BCUT2D eigenvalue weighted by atomic mass is 15.0. The third-order valence-electron chi connectivity index (χ3n) is 4.87. The Labute approximate surface area is 109 Å². The standard InChI is InChI=1S/C14H24N4/c1-2-14(4-3-5-14)9-15-7-11-6-12-13(8-16-11)18-10-17-12/h10-11,15-16H,2-9H2,1H3,(H,17,18). The van der Waals surface area contributed by atoms with Crippen LogP contribution in [0.5, 0.6) is 0 Å². The van der Waals surface area contributed by atoms with Crippen molar-refractivity contribution in [2.75, 3.05) is 13.1 Å². The number of nitrogens with one attached hydrogen (secondary N) is 3. The second-order valence-corrected chi connectivity index (χ2v) is 5.95. The Bertz CT molecular complexity index is 389. The predicted molar refractivity (Wildman–Crippen MR) is 72.4 cm³/mol. The first-order valence-corrected chi connectivity index (χ1v) is 7.26. The Hall–Kier alpha value is -0.870. The van der Waals surface area contributed by atoms with Crippen LogP contribution in [0.15, 0.2) is 6.33 Å². The lowest BCUT2D eigenvalue weighted by Crippen LogP contribution is -2.47. The van der Waals surface area contributed by atoms with Crippen molar-refractivity contribution in [1.29, 1.82) is 0 Å². The van der Waals surface area contributed by atoms with E-state index in [4.69, 9.17) is 0 Å². The highest BCUT2D eigenvalue weighted by molar-refractivity contribution is 5.15. The van der Waals surface area contributed by atoms with Crippen LogP contribution in [0.2, 0.25) is 0 Å². The van der Waals surface area contributed by atoms with Crippen LogP contribution in [-0.2, 0) is 13.0 Å². The number of aromatic nitrogens is 2. The number of nitrogens with zero attached hydrogens (tertiary/aromatic N) is 1. The van der Waals surface area contributed by atoms with Crippen LogP contribution in [0.4, 0.5) is 0 Å². The second-order valence-electron chi connectivity index (χ2n) is 5.95. The summed E-state index contributed by atoms with van der Waals surface area (Å²) in [5.74, 6) is 0. The van der Waals surface area contributed by atoms with Crippen LogP contribution in [0.3, 0.4) is 0 Å². The average Bonchev–Trinajstić information content (AvgIpc) is 2.80. The lowest BCUT2D eigenvalue weighted by molar-refractivity contribution is 0.123. The van der Waals surface area contributed by atoms with E-state index in [0.29, 0.717) is 11.5 Å². The molecule has 2 heterocycles. The number of aromatic amines is 1. The molecule has 1 aliphatic carbocycles. The van der Waals surface area contributed by atoms with Crippen molar-refractivity contribution in [3.05, 3.63) is 17.7 Å². The number of fused-ring (bicyclic) bond motifs is 1. The molecule has 1 saturated carbocycles. The monoisotopic (exact) mass is 248 g/mol. The van der Waals surface area contributed by atoms with Crippen molar-refractivity contribution >= 4 is 0 Å². The maximum absolute atomic E-state index is 4.38. The molecule has 100 valence electrons. The van der Waals surface area contributed by atoms with Gasteiger partial charge >= 0.3 is 0 Å². The van der Waals surface area contributed by atoms with Gasteiger partial charge < -0.3 is 15.6 Å². The zero-order valence-electron chi connectivity index (χ0n) is 11.3. The van der Waals surface area contributed by atoms with Gasteiger partial charge in [0.25, 0.3) is 0 Å². The number of H-pyrrole nitrogens is 1. The highest BCUT2D eigenvalue weighted by Crippen LogP contribution is 2.42. The van der Waals surface area contributed by atoms with E-state index in [1.54, 1.807) is 0 Å². The van der Waals surface area contributed by atoms with E-state index in [-0.39, 0.29) is 0 Å². The molecular weight excluding hydrogens is 224 g/mol. The zero-order chi connectivity index (χ0) is 12.4. The molecule has 1 aromatic rings. The first-order valence-electron chi connectivity index (χ1n) is 7.26. The third-order valence-corrected chi connectivity index (χ3v) is 4.87. The van der Waals surface area contributed by atoms with Gasteiger partial charge in [-0.2, -0.15) is 0 Å². The molecule has 0 saturated heterocycles. The maximum atomic E-state index is 4.38. The molecule has 3 rings (SSSR count). The SMILES string of the molecule is CCC1(CNCC2Cc3nc[nH]c3CN2)CCC1. The third kappa shape index (κ3) is 2.31. The first-order chi connectivity index (χ1) is 8.81. The number of hydrogen-bond acceptors (Lipinski definition) is 3. The van der Waals surface area contributed by atoms with E-state index in [9.17, 15) is 0 Å². The molecule has 1 fully saturated rings. The van der Waals surface area contributed by atoms with E-state index in [2.05, 4.69) is 27.5 Å². The molecule has 0 bridgehead atoms. The summed E-state index contributed by atoms with van der Waals surface area (Å²) in [6.07, 6.45) is 8.43. The topological polar surface area (TPSA) is 52.7 Å². The second kappa shape index (κ2) is 5.02. The summed E-state index contributed by atoms with van der Waals surface area (Å²) in [7, 11) is 0. The van der Waals surface area contributed by atoms with Gasteiger partial charge in [-0.05, 0) is 24.7 Å². The smallest absolute Gasteiger partial charge is 0.0925 e. The summed E-state index contributed by atoms with van der Waals surface area (Å²) in [5.41, 5.74) is 3.12. The Morgan fingerprint density at radius 3 is 3.11 bits per heavy atom. The van der Waals surface area contributed by atoms with Crippen LogP contribution in [-0.4, -0.2) is 29.1 Å². The van der Waals surface area contributed by atoms with Gasteiger partial charge in [0.2, 0.25) is 0 Å². The predicted octanol–water partition coefficient (Wildman–Crippen LogP) is 1.59. The van der Waals surface area contributed by atoms with E-state index in [1.807, 2.05) is 6.33 Å². The molecule has 0 spiro atoms. The molecular formula is C14H24N4. The van der Waals surface area contributed by atoms with Crippen LogP contribution in [0.25, 0.3) is 0 Å². The maximum Gasteiger partial charge on any atom is 0.0925 e. The molecule has 1 unspecified atom stereocenters. The van der Waals surface area contributed by atoms with E-state index in [1.165, 1.54) is 43.6 Å². The molecule has 0 aromatic carbocycles. The summed E-state index contributed by atoms with van der Waals surface area (Å²) in [6.45, 7) is 5.51. The molecule has 1 atom stereocenters. The van der Waals surface area contributed by atoms with Crippen molar-refractivity contribution in [2.45, 2.75) is 51.6 Å². The number of rotatable bonds is 5. The summed E-state index contributed by atoms with van der Waals surface area (Å²) in [5, 5.41) is 7.24. The Kier molecular flexibility index (Phi) is 3.39. The van der Waals surface area contributed by atoms with Gasteiger partial charge in [0.1, 0.15) is 0 Å². The highest BCUT2D eigenvalue weighted by Gasteiger charge is 2.34. The molecule has 4 nitrogen and oxygen atoms in total. The van der Waals surface area contributed by atoms with E-state index >= 15 is 0 Å². The van der Waals surface area contributed by atoms with Gasteiger partial charge in [0.05, 0.1) is 17.7 Å². The van der Waals surface area contributed by atoms with Crippen LogP contribution in [0.1, 0.15) is 44.0 Å². The summed E-state index contributed by atoms with van der Waals surface area (Å²) in [4.78, 5) is 7.58. The fourth-order valence-electron chi connectivity index (χ4n) is 3.22. The van der Waals surface area contributed by atoms with Gasteiger partial charge in [-0.1, -0.05) is 13.3 Å². The van der Waals surface area contributed by atoms with Gasteiger partial charge in [-0.25, -0.2) is 4.98 Å². The molecule has 1 aliphatic heterocycles. The molecule has 3 N–H and O–H groups in total. The fraction of sp³-hybridized carbons (Fsp3) is 0.786. The molecule has 1 aromatic heterocycles. The molecule has 2 aliphatic rings. The summed E-state index contributed by atoms with van der Waals surface area (Å²) >= 11 is 0. The van der Waals surface area contributed by atoms with Crippen molar-refractivity contribution in [3.8, 4) is 0 Å². The van der Waals surface area contributed by atoms with Crippen LogP contribution < -0.4 is 10.6 Å². The molecule has 4 heteroatoms. The summed E-state index contributed by atoms with van der Waals surface area (Å²) < 4.78 is 0. The van der Waals surface area contributed by atoms with E-state index < -0.39 is 0 Å². The largest absolute Gasteiger partial charge is 0.347 e. The van der Waals surface area contributed by atoms with Crippen molar-refractivity contribution in [2.24, 2.45) is 5.41 Å². The van der Waals surface area contributed by atoms with E-state index in [0.717, 1.165) is 19.5 Å². The summed E-state index contributed by atoms with van der Waals surface area (Å²) in [6, 6.07) is 0.537. The average molecular weight is 248 g/mol. The molecule has 18 heavy (non-hydrogen) atoms. The van der Waals surface area contributed by atoms with Crippen molar-refractivity contribution in [3.63, 3.8) is 0 Å². The minimum Gasteiger partial charge on any atom is -0.347 e. The quantitative estimate of drug-likeness (QED) is 0.742. The zero-order valence-corrected chi connectivity index (χ0v) is 11.3. The molecule has 0 amide bonds. The minimum absolute atomic E-state index is 0.537. The number of imidazole rings is 1. The van der Waals surface area contributed by atoms with Gasteiger partial charge in [0.15, 0.2) is 0 Å². The van der Waals surface area contributed by atoms with Gasteiger partial charge in [0, 0.05) is 32.1 Å². The molecule has 0 radical (unpaired) electrons. The Morgan fingerprint density at radius 1 is 1.50 bits per heavy atom.